The number of benzene rings is 2. The van der Waals surface area contributed by atoms with Crippen molar-refractivity contribution in [1.29, 1.82) is 0 Å². The van der Waals surface area contributed by atoms with Crippen LogP contribution in [-0.2, 0) is 15.6 Å². The van der Waals surface area contributed by atoms with Crippen molar-refractivity contribution < 1.29 is 17.6 Å². The number of carbonyl (C=O) groups is 1. The van der Waals surface area contributed by atoms with Gasteiger partial charge < -0.3 is 10.6 Å². The van der Waals surface area contributed by atoms with Crippen LogP contribution in [0.3, 0.4) is 0 Å². The van der Waals surface area contributed by atoms with Crippen LogP contribution in [0.2, 0.25) is 0 Å². The number of halogens is 1. The van der Waals surface area contributed by atoms with E-state index in [9.17, 15) is 17.6 Å². The number of aromatic nitrogens is 2. The van der Waals surface area contributed by atoms with Crippen LogP contribution in [0.1, 0.15) is 40.9 Å². The second-order valence-corrected chi connectivity index (χ2v) is 10.0. The van der Waals surface area contributed by atoms with Crippen molar-refractivity contribution in [3.63, 3.8) is 0 Å². The molecule has 0 radical (unpaired) electrons. The zero-order valence-electron chi connectivity index (χ0n) is 18.9. The highest BCUT2D eigenvalue weighted by molar-refractivity contribution is 7.94. The van der Waals surface area contributed by atoms with Gasteiger partial charge in [-0.15, -0.1) is 0 Å². The Bertz CT molecular complexity index is 1350. The number of nitrogens with one attached hydrogen (secondary N) is 2. The Morgan fingerprint density at radius 3 is 2.42 bits per heavy atom. The second-order valence-electron chi connectivity index (χ2n) is 7.82. The number of hydrogen-bond acceptors (Lipinski definition) is 7. The summed E-state index contributed by atoms with van der Waals surface area (Å²) in [6, 6.07) is 9.20. The minimum Gasteiger partial charge on any atom is -0.340 e. The van der Waals surface area contributed by atoms with Crippen LogP contribution in [0.5, 0.6) is 0 Å². The number of allylic oxidation sites excluding steroid dienone is 1. The van der Waals surface area contributed by atoms with Crippen LogP contribution in [0.25, 0.3) is 0 Å². The van der Waals surface area contributed by atoms with E-state index in [4.69, 9.17) is 0 Å². The smallest absolute Gasteiger partial charge is 0.229 e. The lowest BCUT2D eigenvalue weighted by Gasteiger charge is -2.15. The standard InChI is InChI=1S/C24H25FN4O3S/c1-14(2)33(31,32)13-19-10-20(25)8-9-21(19)27-23-16(4)12-26-24(29-23)28-22-11-18(17(5)30)7-6-15(22)3/h6-12H,1,13H2,2-5H3,(H2,26,27,28,29). The van der Waals surface area contributed by atoms with E-state index in [2.05, 4.69) is 27.2 Å². The molecule has 0 aliphatic rings. The molecule has 0 aliphatic carbocycles. The zero-order chi connectivity index (χ0) is 24.3. The van der Waals surface area contributed by atoms with Crippen molar-refractivity contribution in [3.8, 4) is 0 Å². The summed E-state index contributed by atoms with van der Waals surface area (Å²) in [6.45, 7) is 10.1. The number of Topliss-reactive ketones (excluding diaryl/α,β-unsaturated/α-hetero) is 1. The van der Waals surface area contributed by atoms with Crippen molar-refractivity contribution in [2.75, 3.05) is 10.6 Å². The molecular formula is C24H25FN4O3S. The van der Waals surface area contributed by atoms with Crippen LogP contribution in [0.4, 0.5) is 27.5 Å². The molecule has 7 nitrogen and oxygen atoms in total. The Kier molecular flexibility index (Phi) is 6.92. The maximum absolute atomic E-state index is 13.9. The van der Waals surface area contributed by atoms with E-state index in [-0.39, 0.29) is 22.2 Å². The molecule has 0 atom stereocenters. The van der Waals surface area contributed by atoms with Gasteiger partial charge in [0.2, 0.25) is 5.95 Å². The van der Waals surface area contributed by atoms with Crippen molar-refractivity contribution >= 4 is 38.8 Å². The molecule has 0 saturated heterocycles. The Labute approximate surface area is 192 Å². The van der Waals surface area contributed by atoms with Crippen LogP contribution in [0, 0.1) is 19.7 Å². The molecule has 1 heterocycles. The molecule has 2 N–H and O–H groups in total. The monoisotopic (exact) mass is 468 g/mol. The van der Waals surface area contributed by atoms with Gasteiger partial charge in [-0.05, 0) is 63.1 Å². The fourth-order valence-electron chi connectivity index (χ4n) is 2.98. The maximum atomic E-state index is 13.9. The molecule has 2 aromatic carbocycles. The molecule has 0 unspecified atom stereocenters. The number of ketones is 1. The van der Waals surface area contributed by atoms with Gasteiger partial charge in [-0.3, -0.25) is 4.79 Å². The third-order valence-corrected chi connectivity index (χ3v) is 6.81. The number of nitrogens with zero attached hydrogens (tertiary/aromatic N) is 2. The highest BCUT2D eigenvalue weighted by Gasteiger charge is 2.17. The molecular weight excluding hydrogens is 443 g/mol. The van der Waals surface area contributed by atoms with Crippen LogP contribution in [0.15, 0.2) is 54.1 Å². The largest absolute Gasteiger partial charge is 0.340 e. The predicted molar refractivity (Wildman–Crippen MR) is 128 cm³/mol. The molecule has 0 bridgehead atoms. The van der Waals surface area contributed by atoms with Crippen molar-refractivity contribution in [3.05, 3.63) is 82.2 Å². The molecule has 33 heavy (non-hydrogen) atoms. The quantitative estimate of drug-likeness (QED) is 0.429. The SMILES string of the molecule is C=C(C)S(=O)(=O)Cc1cc(F)ccc1Nc1nc(Nc2cc(C(C)=O)ccc2C)ncc1C. The molecule has 9 heteroatoms. The first-order valence-electron chi connectivity index (χ1n) is 10.1. The normalized spacial score (nSPS) is 11.2. The summed E-state index contributed by atoms with van der Waals surface area (Å²) in [5, 5.41) is 6.21. The van der Waals surface area contributed by atoms with Crippen LogP contribution < -0.4 is 10.6 Å². The van der Waals surface area contributed by atoms with E-state index in [1.807, 2.05) is 13.0 Å². The molecule has 0 saturated carbocycles. The summed E-state index contributed by atoms with van der Waals surface area (Å²) >= 11 is 0. The van der Waals surface area contributed by atoms with Gasteiger partial charge in [0.25, 0.3) is 0 Å². The summed E-state index contributed by atoms with van der Waals surface area (Å²) < 4.78 is 38.5. The molecule has 0 aliphatic heterocycles. The molecule has 172 valence electrons. The summed E-state index contributed by atoms with van der Waals surface area (Å²) in [7, 11) is -3.63. The fourth-order valence-corrected chi connectivity index (χ4v) is 3.88. The maximum Gasteiger partial charge on any atom is 0.229 e. The lowest BCUT2D eigenvalue weighted by atomic mass is 10.1. The van der Waals surface area contributed by atoms with E-state index in [1.54, 1.807) is 25.3 Å². The van der Waals surface area contributed by atoms with E-state index in [0.29, 0.717) is 28.3 Å². The first-order valence-corrected chi connectivity index (χ1v) is 11.8. The Hall–Kier alpha value is -3.59. The number of carbonyl (C=O) groups excluding carboxylic acids is 1. The van der Waals surface area contributed by atoms with Crippen molar-refractivity contribution in [2.24, 2.45) is 0 Å². The lowest BCUT2D eigenvalue weighted by Crippen LogP contribution is -2.09. The second kappa shape index (κ2) is 9.50. The molecule has 3 aromatic rings. The minimum absolute atomic E-state index is 0.00516. The molecule has 0 fully saturated rings. The minimum atomic E-state index is -3.63. The van der Waals surface area contributed by atoms with Gasteiger partial charge in [-0.25, -0.2) is 17.8 Å². The number of rotatable bonds is 8. The average Bonchev–Trinajstić information content (AvgIpc) is 2.73. The van der Waals surface area contributed by atoms with Gasteiger partial charge in [0.15, 0.2) is 15.6 Å². The lowest BCUT2D eigenvalue weighted by molar-refractivity contribution is 0.101. The molecule has 1 aromatic heterocycles. The highest BCUT2D eigenvalue weighted by Crippen LogP contribution is 2.27. The fraction of sp³-hybridized carbons (Fsp3) is 0.208. The zero-order valence-corrected chi connectivity index (χ0v) is 19.7. The van der Waals surface area contributed by atoms with Gasteiger partial charge in [0.1, 0.15) is 11.6 Å². The third-order valence-electron chi connectivity index (χ3n) is 5.06. The predicted octanol–water partition coefficient (Wildman–Crippen LogP) is 5.37. The van der Waals surface area contributed by atoms with Crippen LogP contribution >= 0.6 is 0 Å². The molecule has 3 rings (SSSR count). The summed E-state index contributed by atoms with van der Waals surface area (Å²) in [5.41, 5.74) is 3.52. The third kappa shape index (κ3) is 5.81. The Balaban J connectivity index is 1.94. The number of sulfone groups is 1. The molecule has 0 amide bonds. The summed E-state index contributed by atoms with van der Waals surface area (Å²) in [6.07, 6.45) is 1.61. The topological polar surface area (TPSA) is 101 Å². The van der Waals surface area contributed by atoms with Gasteiger partial charge in [0, 0.05) is 33.6 Å². The Morgan fingerprint density at radius 1 is 1.03 bits per heavy atom. The van der Waals surface area contributed by atoms with Crippen molar-refractivity contribution in [1.82, 2.24) is 9.97 Å². The van der Waals surface area contributed by atoms with Gasteiger partial charge in [-0.2, -0.15) is 4.98 Å². The van der Waals surface area contributed by atoms with Gasteiger partial charge >= 0.3 is 0 Å². The average molecular weight is 469 g/mol. The van der Waals surface area contributed by atoms with E-state index < -0.39 is 21.4 Å². The van der Waals surface area contributed by atoms with Gasteiger partial charge in [-0.1, -0.05) is 18.7 Å². The van der Waals surface area contributed by atoms with E-state index in [1.165, 1.54) is 32.0 Å². The number of anilines is 4. The van der Waals surface area contributed by atoms with Gasteiger partial charge in [0.05, 0.1) is 5.75 Å². The first-order chi connectivity index (χ1) is 15.5. The highest BCUT2D eigenvalue weighted by atomic mass is 32.2. The van der Waals surface area contributed by atoms with E-state index >= 15 is 0 Å². The summed E-state index contributed by atoms with van der Waals surface area (Å²) in [5.74, 6) is -0.290. The Morgan fingerprint density at radius 2 is 1.76 bits per heavy atom. The number of aryl methyl sites for hydroxylation is 2. The van der Waals surface area contributed by atoms with Crippen molar-refractivity contribution in [2.45, 2.75) is 33.4 Å². The van der Waals surface area contributed by atoms with E-state index in [0.717, 1.165) is 5.56 Å². The molecule has 0 spiro atoms. The summed E-state index contributed by atoms with van der Waals surface area (Å²) in [4.78, 5) is 20.5. The first kappa shape index (κ1) is 24.1. The van der Waals surface area contributed by atoms with Crippen LogP contribution in [-0.4, -0.2) is 24.2 Å². The number of hydrogen-bond donors (Lipinski definition) is 2.